The fourth-order valence-corrected chi connectivity index (χ4v) is 4.60. The number of piperazine rings is 1. The van der Waals surface area contributed by atoms with Crippen molar-refractivity contribution in [1.82, 2.24) is 10.2 Å². The van der Waals surface area contributed by atoms with Gasteiger partial charge in [0, 0.05) is 38.1 Å². The topological polar surface area (TPSA) is 24.5 Å². The lowest BCUT2D eigenvalue weighted by atomic mass is 9.79. The van der Waals surface area contributed by atoms with Crippen LogP contribution in [-0.2, 0) is 12.8 Å². The fraction of sp³-hybridized carbons (Fsp3) is 0.684. The number of fused-ring (bicyclic) bond motifs is 1. The minimum Gasteiger partial charge on any atom is -0.493 e. The van der Waals surface area contributed by atoms with Crippen LogP contribution in [0.15, 0.2) is 18.2 Å². The van der Waals surface area contributed by atoms with Gasteiger partial charge in [-0.25, -0.2) is 0 Å². The van der Waals surface area contributed by atoms with Crippen LogP contribution in [0.5, 0.6) is 5.75 Å². The van der Waals surface area contributed by atoms with Gasteiger partial charge in [-0.1, -0.05) is 31.4 Å². The third-order valence-electron chi connectivity index (χ3n) is 5.89. The Balaban J connectivity index is 0.00000156. The first-order chi connectivity index (χ1) is 10.9. The minimum absolute atomic E-state index is 0. The van der Waals surface area contributed by atoms with Gasteiger partial charge in [-0.3, -0.25) is 4.90 Å². The molecule has 0 amide bonds. The Bertz CT molecular complexity index is 520. The molecule has 2 aliphatic heterocycles. The zero-order chi connectivity index (χ0) is 14.8. The van der Waals surface area contributed by atoms with Gasteiger partial charge in [-0.15, -0.1) is 12.4 Å². The van der Waals surface area contributed by atoms with E-state index in [0.29, 0.717) is 5.54 Å². The number of halogens is 1. The molecule has 2 fully saturated rings. The van der Waals surface area contributed by atoms with Crippen LogP contribution in [0.4, 0.5) is 0 Å². The normalized spacial score (nSPS) is 23.1. The molecule has 1 N–H and O–H groups in total. The van der Waals surface area contributed by atoms with E-state index in [2.05, 4.69) is 28.4 Å². The smallest absolute Gasteiger partial charge is 0.122 e. The second-order valence-corrected chi connectivity index (χ2v) is 7.24. The van der Waals surface area contributed by atoms with E-state index in [4.69, 9.17) is 4.74 Å². The van der Waals surface area contributed by atoms with Gasteiger partial charge in [-0.05, 0) is 36.5 Å². The average molecular weight is 337 g/mol. The molecule has 128 valence electrons. The minimum atomic E-state index is 0. The van der Waals surface area contributed by atoms with Gasteiger partial charge in [0.25, 0.3) is 0 Å². The molecule has 1 aromatic carbocycles. The average Bonchev–Trinajstić information content (AvgIpc) is 3.03. The Labute approximate surface area is 146 Å². The summed E-state index contributed by atoms with van der Waals surface area (Å²) in [6, 6.07) is 6.81. The predicted molar refractivity (Wildman–Crippen MR) is 96.9 cm³/mol. The van der Waals surface area contributed by atoms with Crippen molar-refractivity contribution in [2.45, 2.75) is 50.5 Å². The molecule has 1 spiro atoms. The summed E-state index contributed by atoms with van der Waals surface area (Å²) < 4.78 is 5.62. The molecule has 1 aromatic rings. The van der Waals surface area contributed by atoms with Crippen LogP contribution in [0.2, 0.25) is 0 Å². The maximum Gasteiger partial charge on any atom is 0.122 e. The van der Waals surface area contributed by atoms with E-state index < -0.39 is 0 Å². The van der Waals surface area contributed by atoms with Crippen LogP contribution in [0, 0.1) is 0 Å². The van der Waals surface area contributed by atoms with Crippen LogP contribution in [0.25, 0.3) is 0 Å². The van der Waals surface area contributed by atoms with Gasteiger partial charge in [0.05, 0.1) is 6.61 Å². The van der Waals surface area contributed by atoms with Crippen molar-refractivity contribution in [1.29, 1.82) is 0 Å². The number of rotatable bonds is 3. The molecule has 0 atom stereocenters. The van der Waals surface area contributed by atoms with E-state index in [1.54, 1.807) is 0 Å². The predicted octanol–water partition coefficient (Wildman–Crippen LogP) is 3.19. The maximum atomic E-state index is 5.62. The second kappa shape index (κ2) is 7.42. The first kappa shape index (κ1) is 17.1. The van der Waals surface area contributed by atoms with E-state index in [9.17, 15) is 0 Å². The number of ether oxygens (including phenoxy) is 1. The molecule has 0 aromatic heterocycles. The van der Waals surface area contributed by atoms with Crippen molar-refractivity contribution in [3.05, 3.63) is 29.3 Å². The second-order valence-electron chi connectivity index (χ2n) is 7.24. The number of nitrogens with one attached hydrogen (secondary N) is 1. The van der Waals surface area contributed by atoms with Crippen molar-refractivity contribution in [2.24, 2.45) is 0 Å². The molecule has 2 heterocycles. The molecule has 3 nitrogen and oxygen atoms in total. The molecule has 0 radical (unpaired) electrons. The summed E-state index contributed by atoms with van der Waals surface area (Å²) in [5.41, 5.74) is 3.34. The van der Waals surface area contributed by atoms with Crippen LogP contribution >= 0.6 is 12.4 Å². The first-order valence-corrected chi connectivity index (χ1v) is 9.06. The van der Waals surface area contributed by atoms with E-state index in [1.165, 1.54) is 69.3 Å². The standard InChI is InChI=1S/C19H28N2O.ClH/c1-2-8-19(9-3-1)15-20-10-12-21(19)11-6-16-4-5-18-17(14-16)7-13-22-18;/h4-5,14,20H,1-3,6-13,15H2;1H. The molecule has 4 rings (SSSR count). The Kier molecular flexibility index (Phi) is 5.50. The quantitative estimate of drug-likeness (QED) is 0.917. The third-order valence-corrected chi connectivity index (χ3v) is 5.89. The molecule has 4 heteroatoms. The van der Waals surface area contributed by atoms with E-state index in [1.807, 2.05) is 0 Å². The molecular weight excluding hydrogens is 308 g/mol. The third kappa shape index (κ3) is 3.52. The van der Waals surface area contributed by atoms with Crippen LogP contribution in [-0.4, -0.2) is 43.2 Å². The maximum absolute atomic E-state index is 5.62. The van der Waals surface area contributed by atoms with Crippen molar-refractivity contribution in [3.63, 3.8) is 0 Å². The Morgan fingerprint density at radius 2 is 2.04 bits per heavy atom. The summed E-state index contributed by atoms with van der Waals surface area (Å²) >= 11 is 0. The number of nitrogens with zero attached hydrogens (tertiary/aromatic N) is 1. The first-order valence-electron chi connectivity index (χ1n) is 9.06. The van der Waals surface area contributed by atoms with Crippen molar-refractivity contribution >= 4 is 12.4 Å². The highest BCUT2D eigenvalue weighted by Gasteiger charge is 2.39. The van der Waals surface area contributed by atoms with Crippen molar-refractivity contribution in [2.75, 3.05) is 32.8 Å². The lowest BCUT2D eigenvalue weighted by Gasteiger charge is -2.50. The largest absolute Gasteiger partial charge is 0.493 e. The Hall–Kier alpha value is -0.770. The Morgan fingerprint density at radius 3 is 2.91 bits per heavy atom. The number of hydrogen-bond acceptors (Lipinski definition) is 3. The highest BCUT2D eigenvalue weighted by atomic mass is 35.5. The lowest BCUT2D eigenvalue weighted by molar-refractivity contribution is 0.0286. The Morgan fingerprint density at radius 1 is 1.17 bits per heavy atom. The van der Waals surface area contributed by atoms with Crippen LogP contribution < -0.4 is 10.1 Å². The van der Waals surface area contributed by atoms with Gasteiger partial charge in [-0.2, -0.15) is 0 Å². The van der Waals surface area contributed by atoms with E-state index in [0.717, 1.165) is 25.3 Å². The molecule has 1 saturated heterocycles. The summed E-state index contributed by atoms with van der Waals surface area (Å²) in [7, 11) is 0. The molecule has 1 aliphatic carbocycles. The van der Waals surface area contributed by atoms with Crippen LogP contribution in [0.1, 0.15) is 43.2 Å². The van der Waals surface area contributed by atoms with E-state index >= 15 is 0 Å². The fourth-order valence-electron chi connectivity index (χ4n) is 4.60. The summed E-state index contributed by atoms with van der Waals surface area (Å²) in [5.74, 6) is 1.11. The zero-order valence-corrected chi connectivity index (χ0v) is 14.8. The van der Waals surface area contributed by atoms with Crippen molar-refractivity contribution < 1.29 is 4.74 Å². The van der Waals surface area contributed by atoms with Gasteiger partial charge in [0.15, 0.2) is 0 Å². The summed E-state index contributed by atoms with van der Waals surface area (Å²) in [4.78, 5) is 2.80. The van der Waals surface area contributed by atoms with Gasteiger partial charge in [0.1, 0.15) is 5.75 Å². The highest BCUT2D eigenvalue weighted by molar-refractivity contribution is 5.85. The summed E-state index contributed by atoms with van der Waals surface area (Å²) in [6.07, 6.45) is 9.29. The zero-order valence-electron chi connectivity index (χ0n) is 14.0. The SMILES string of the molecule is Cl.c1cc2c(cc1CCN1CCNCC13CCCCC3)CCO2. The molecule has 3 aliphatic rings. The highest BCUT2D eigenvalue weighted by Crippen LogP contribution is 2.35. The van der Waals surface area contributed by atoms with Gasteiger partial charge >= 0.3 is 0 Å². The molecule has 0 unspecified atom stereocenters. The molecule has 1 saturated carbocycles. The number of hydrogen-bond donors (Lipinski definition) is 1. The van der Waals surface area contributed by atoms with Crippen LogP contribution in [0.3, 0.4) is 0 Å². The van der Waals surface area contributed by atoms with Gasteiger partial charge < -0.3 is 10.1 Å². The van der Waals surface area contributed by atoms with Gasteiger partial charge in [0.2, 0.25) is 0 Å². The monoisotopic (exact) mass is 336 g/mol. The molecular formula is C19H29ClN2O. The molecule has 23 heavy (non-hydrogen) atoms. The lowest BCUT2D eigenvalue weighted by Crippen LogP contribution is -2.62. The summed E-state index contributed by atoms with van der Waals surface area (Å²) in [5, 5.41) is 3.65. The van der Waals surface area contributed by atoms with Crippen molar-refractivity contribution in [3.8, 4) is 5.75 Å². The van der Waals surface area contributed by atoms with E-state index in [-0.39, 0.29) is 12.4 Å². The molecule has 0 bridgehead atoms. The number of benzene rings is 1. The summed E-state index contributed by atoms with van der Waals surface area (Å²) in [6.45, 7) is 5.64.